The van der Waals surface area contributed by atoms with Crippen molar-refractivity contribution in [1.29, 1.82) is 0 Å². The van der Waals surface area contributed by atoms with Crippen molar-refractivity contribution < 1.29 is 9.84 Å². The van der Waals surface area contributed by atoms with Gasteiger partial charge in [-0.1, -0.05) is 97.1 Å². The van der Waals surface area contributed by atoms with Crippen LogP contribution in [0.4, 0.5) is 0 Å². The van der Waals surface area contributed by atoms with E-state index in [9.17, 15) is 5.11 Å². The largest absolute Gasteiger partial charge is 0.387 e. The molecular formula is C23H24O2S. The molecule has 1 N–H and O–H groups in total. The summed E-state index contributed by atoms with van der Waals surface area (Å²) >= 11 is 0. The minimum Gasteiger partial charge on any atom is -0.387 e. The van der Waals surface area contributed by atoms with Crippen LogP contribution in [0.2, 0.25) is 0 Å². The summed E-state index contributed by atoms with van der Waals surface area (Å²) < 4.78 is 6.42. The summed E-state index contributed by atoms with van der Waals surface area (Å²) in [4.78, 5) is 0. The molecule has 0 fully saturated rings. The van der Waals surface area contributed by atoms with Crippen molar-refractivity contribution in [1.82, 2.24) is 0 Å². The van der Waals surface area contributed by atoms with Gasteiger partial charge in [0.25, 0.3) is 0 Å². The molecule has 2 nitrogen and oxygen atoms in total. The van der Waals surface area contributed by atoms with E-state index in [4.69, 9.17) is 4.74 Å². The summed E-state index contributed by atoms with van der Waals surface area (Å²) in [7, 11) is 0. The van der Waals surface area contributed by atoms with E-state index in [1.165, 1.54) is 6.08 Å². The van der Waals surface area contributed by atoms with Gasteiger partial charge in [-0.3, -0.25) is 0 Å². The molecule has 0 spiro atoms. The topological polar surface area (TPSA) is 29.5 Å². The molecule has 0 aliphatic rings. The van der Waals surface area contributed by atoms with Crippen molar-refractivity contribution in [3.05, 3.63) is 120 Å². The fourth-order valence-electron chi connectivity index (χ4n) is 3.05. The molecule has 3 heteroatoms. The van der Waals surface area contributed by atoms with Crippen molar-refractivity contribution in [3.63, 3.8) is 0 Å². The molecule has 134 valence electrons. The normalized spacial score (nSPS) is 12.0. The lowest BCUT2D eigenvalue weighted by molar-refractivity contribution is -0.0248. The van der Waals surface area contributed by atoms with E-state index in [1.807, 2.05) is 54.6 Å². The first-order chi connectivity index (χ1) is 12.3. The summed E-state index contributed by atoms with van der Waals surface area (Å²) in [5, 5.41) is 10.0. The van der Waals surface area contributed by atoms with Crippen molar-refractivity contribution in [3.8, 4) is 0 Å². The Morgan fingerprint density at radius 1 is 0.769 bits per heavy atom. The average Bonchev–Trinajstić information content (AvgIpc) is 2.71. The zero-order valence-electron chi connectivity index (χ0n) is 14.6. The third-order valence-corrected chi connectivity index (χ3v) is 4.28. The molecule has 0 aliphatic heterocycles. The van der Waals surface area contributed by atoms with Gasteiger partial charge < -0.3 is 9.84 Å². The number of benzene rings is 3. The van der Waals surface area contributed by atoms with Gasteiger partial charge in [-0.2, -0.15) is 13.5 Å². The molecule has 0 aromatic heterocycles. The molecule has 0 saturated carbocycles. The smallest absolute Gasteiger partial charge is 0.143 e. The highest BCUT2D eigenvalue weighted by Crippen LogP contribution is 2.40. The van der Waals surface area contributed by atoms with E-state index in [0.717, 1.165) is 16.7 Å². The zero-order valence-corrected chi connectivity index (χ0v) is 15.6. The predicted octanol–water partition coefficient (Wildman–Crippen LogP) is 4.65. The van der Waals surface area contributed by atoms with Crippen LogP contribution in [-0.2, 0) is 10.3 Å². The van der Waals surface area contributed by atoms with E-state index in [-0.39, 0.29) is 20.1 Å². The maximum Gasteiger partial charge on any atom is 0.143 e. The van der Waals surface area contributed by atoms with Gasteiger partial charge in [-0.05, 0) is 16.7 Å². The Morgan fingerprint density at radius 2 is 1.12 bits per heavy atom. The second-order valence-corrected chi connectivity index (χ2v) is 5.89. The molecule has 0 radical (unpaired) electrons. The standard InChI is InChI=1S/C23H22O2.H2S/c1-2-22(24)18-25-23(19-12-6-3-7-13-19,20-14-8-4-9-15-20)21-16-10-5-11-17-21;/h2-17,22,24H,1,18H2;1H2/t22-;/m0./s1. The van der Waals surface area contributed by atoms with Crippen LogP contribution < -0.4 is 0 Å². The van der Waals surface area contributed by atoms with Crippen LogP contribution in [0.25, 0.3) is 0 Å². The van der Waals surface area contributed by atoms with E-state index >= 15 is 0 Å². The van der Waals surface area contributed by atoms with Gasteiger partial charge in [0.1, 0.15) is 5.60 Å². The maximum atomic E-state index is 10.0. The van der Waals surface area contributed by atoms with Gasteiger partial charge in [0, 0.05) is 0 Å². The highest BCUT2D eigenvalue weighted by Gasteiger charge is 2.37. The lowest BCUT2D eigenvalue weighted by Gasteiger charge is -2.36. The minimum atomic E-state index is -0.798. The average molecular weight is 365 g/mol. The van der Waals surface area contributed by atoms with Crippen molar-refractivity contribution in [2.45, 2.75) is 11.7 Å². The molecule has 26 heavy (non-hydrogen) atoms. The van der Waals surface area contributed by atoms with Crippen molar-refractivity contribution >= 4 is 13.5 Å². The first-order valence-electron chi connectivity index (χ1n) is 8.38. The Labute approximate surface area is 162 Å². The Hall–Kier alpha value is -2.33. The molecule has 0 amide bonds. The number of hydrogen-bond donors (Lipinski definition) is 1. The Bertz CT molecular complexity index is 692. The van der Waals surface area contributed by atoms with Crippen LogP contribution in [0, 0.1) is 0 Å². The Balaban J connectivity index is 0.00000243. The number of ether oxygens (including phenoxy) is 1. The molecule has 0 bridgehead atoms. The number of aliphatic hydroxyl groups excluding tert-OH is 1. The highest BCUT2D eigenvalue weighted by molar-refractivity contribution is 7.59. The first-order valence-corrected chi connectivity index (χ1v) is 8.38. The minimum absolute atomic E-state index is 0. The first kappa shape index (κ1) is 20.0. The van der Waals surface area contributed by atoms with Crippen LogP contribution in [0.5, 0.6) is 0 Å². The molecular weight excluding hydrogens is 340 g/mol. The third kappa shape index (κ3) is 4.07. The van der Waals surface area contributed by atoms with Gasteiger partial charge >= 0.3 is 0 Å². The summed E-state index contributed by atoms with van der Waals surface area (Å²) in [6.07, 6.45) is 0.765. The Kier molecular flexibility index (Phi) is 7.22. The van der Waals surface area contributed by atoms with Crippen LogP contribution in [-0.4, -0.2) is 17.8 Å². The summed E-state index contributed by atoms with van der Waals surface area (Å²) in [5.74, 6) is 0. The van der Waals surface area contributed by atoms with Gasteiger partial charge in [0.05, 0.1) is 12.7 Å². The van der Waals surface area contributed by atoms with Gasteiger partial charge in [-0.25, -0.2) is 0 Å². The second kappa shape index (κ2) is 9.39. The maximum absolute atomic E-state index is 10.0. The second-order valence-electron chi connectivity index (χ2n) is 5.89. The van der Waals surface area contributed by atoms with Gasteiger partial charge in [0.15, 0.2) is 0 Å². The van der Waals surface area contributed by atoms with Crippen LogP contribution in [0.3, 0.4) is 0 Å². The zero-order chi connectivity index (χ0) is 17.5. The quantitative estimate of drug-likeness (QED) is 0.488. The molecule has 3 aromatic carbocycles. The van der Waals surface area contributed by atoms with E-state index < -0.39 is 11.7 Å². The van der Waals surface area contributed by atoms with E-state index in [1.54, 1.807) is 0 Å². The fourth-order valence-corrected chi connectivity index (χ4v) is 3.05. The van der Waals surface area contributed by atoms with E-state index in [0.29, 0.717) is 0 Å². The molecule has 0 aliphatic carbocycles. The molecule has 0 heterocycles. The molecule has 1 atom stereocenters. The number of rotatable bonds is 7. The van der Waals surface area contributed by atoms with Crippen molar-refractivity contribution in [2.24, 2.45) is 0 Å². The number of aliphatic hydroxyl groups is 1. The number of hydrogen-bond acceptors (Lipinski definition) is 2. The summed E-state index contributed by atoms with van der Waals surface area (Å²) in [6.45, 7) is 3.80. The van der Waals surface area contributed by atoms with Crippen LogP contribution in [0.1, 0.15) is 16.7 Å². The van der Waals surface area contributed by atoms with E-state index in [2.05, 4.69) is 43.0 Å². The summed E-state index contributed by atoms with van der Waals surface area (Å²) in [5.41, 5.74) is 2.25. The fraction of sp³-hybridized carbons (Fsp3) is 0.130. The lowest BCUT2D eigenvalue weighted by Crippen LogP contribution is -2.35. The van der Waals surface area contributed by atoms with Crippen molar-refractivity contribution in [2.75, 3.05) is 6.61 Å². The Morgan fingerprint density at radius 3 is 1.42 bits per heavy atom. The van der Waals surface area contributed by atoms with Gasteiger partial charge in [-0.15, -0.1) is 6.58 Å². The third-order valence-electron chi connectivity index (χ3n) is 4.28. The van der Waals surface area contributed by atoms with Crippen LogP contribution in [0.15, 0.2) is 104 Å². The SMILES string of the molecule is C=C[C@H](O)COC(c1ccccc1)(c1ccccc1)c1ccccc1.S. The lowest BCUT2D eigenvalue weighted by atomic mass is 9.80. The monoisotopic (exact) mass is 364 g/mol. The van der Waals surface area contributed by atoms with Crippen LogP contribution >= 0.6 is 13.5 Å². The molecule has 3 rings (SSSR count). The van der Waals surface area contributed by atoms with Gasteiger partial charge in [0.2, 0.25) is 0 Å². The molecule has 3 aromatic rings. The molecule has 0 saturated heterocycles. The predicted molar refractivity (Wildman–Crippen MR) is 112 cm³/mol. The highest BCUT2D eigenvalue weighted by atomic mass is 32.1. The summed E-state index contributed by atoms with van der Waals surface area (Å²) in [6, 6.07) is 30.3. The molecule has 0 unspecified atom stereocenters.